The van der Waals surface area contributed by atoms with Gasteiger partial charge in [-0.1, -0.05) is 24.3 Å². The molecular formula is C15H25NO4P+. The minimum Gasteiger partial charge on any atom is -0.311 e. The highest BCUT2D eigenvalue weighted by molar-refractivity contribution is 7.59. The summed E-state index contributed by atoms with van der Waals surface area (Å²) in [5.41, 5.74) is 2.03. The van der Waals surface area contributed by atoms with Crippen molar-refractivity contribution >= 4 is 14.2 Å². The zero-order valence-electron chi connectivity index (χ0n) is 12.9. The molecule has 0 saturated heterocycles. The molecule has 6 heteroatoms. The van der Waals surface area contributed by atoms with Crippen LogP contribution in [0, 0.1) is 0 Å². The van der Waals surface area contributed by atoms with Gasteiger partial charge in [0, 0.05) is 0 Å². The lowest BCUT2D eigenvalue weighted by atomic mass is 10.1. The van der Waals surface area contributed by atoms with E-state index in [9.17, 15) is 9.69 Å². The van der Waals surface area contributed by atoms with E-state index < -0.39 is 7.94 Å². The Morgan fingerprint density at radius 3 is 2.14 bits per heavy atom. The minimum absolute atomic E-state index is 0.174. The van der Waals surface area contributed by atoms with Crippen molar-refractivity contribution < 1.29 is 18.7 Å². The van der Waals surface area contributed by atoms with Crippen LogP contribution < -0.4 is 5.32 Å². The van der Waals surface area contributed by atoms with E-state index in [0.717, 1.165) is 17.4 Å². The highest BCUT2D eigenvalue weighted by Crippen LogP contribution is 2.59. The topological polar surface area (TPSA) is 67.8 Å². The fourth-order valence-electron chi connectivity index (χ4n) is 2.02. The van der Waals surface area contributed by atoms with Crippen LogP contribution in [0.25, 0.3) is 0 Å². The Morgan fingerprint density at radius 1 is 1.19 bits per heavy atom. The molecular weight excluding hydrogens is 289 g/mol. The molecule has 0 radical (unpaired) electrons. The van der Waals surface area contributed by atoms with Crippen LogP contribution in [0.1, 0.15) is 25.0 Å². The average molecular weight is 314 g/mol. The fraction of sp³-hybridized carbons (Fsp3) is 0.533. The second-order valence-corrected chi connectivity index (χ2v) is 6.79. The molecule has 2 N–H and O–H groups in total. The first-order valence-corrected chi connectivity index (χ1v) is 8.93. The molecule has 0 bridgehead atoms. The van der Waals surface area contributed by atoms with Gasteiger partial charge in [-0.2, -0.15) is 13.9 Å². The predicted octanol–water partition coefficient (Wildman–Crippen LogP) is 2.34. The minimum atomic E-state index is -2.81. The van der Waals surface area contributed by atoms with E-state index in [1.54, 1.807) is 7.05 Å². The Bertz CT molecular complexity index is 418. The van der Waals surface area contributed by atoms with Gasteiger partial charge in [0.1, 0.15) is 6.29 Å². The van der Waals surface area contributed by atoms with Gasteiger partial charge in [-0.25, -0.2) is 0 Å². The van der Waals surface area contributed by atoms with E-state index in [1.807, 2.05) is 38.1 Å². The molecule has 0 aliphatic carbocycles. The predicted molar refractivity (Wildman–Crippen MR) is 85.2 cm³/mol. The third kappa shape index (κ3) is 6.20. The second kappa shape index (κ2) is 9.23. The van der Waals surface area contributed by atoms with Crippen LogP contribution >= 0.6 is 7.94 Å². The molecule has 0 amide bonds. The maximum absolute atomic E-state index is 10.8. The molecule has 1 unspecified atom stereocenters. The van der Waals surface area contributed by atoms with Crippen molar-refractivity contribution in [1.29, 1.82) is 0 Å². The lowest BCUT2D eigenvalue weighted by Crippen LogP contribution is -2.28. The summed E-state index contributed by atoms with van der Waals surface area (Å²) in [6, 6.07) is 7.63. The maximum Gasteiger partial charge on any atom is 0.413 e. The Balaban J connectivity index is 2.70. The Morgan fingerprint density at radius 2 is 1.71 bits per heavy atom. The number of aldehydes is 1. The highest BCUT2D eigenvalue weighted by atomic mass is 31.2. The molecule has 118 valence electrons. The summed E-state index contributed by atoms with van der Waals surface area (Å²) in [7, 11) is -1.05. The van der Waals surface area contributed by atoms with Crippen molar-refractivity contribution in [2.24, 2.45) is 0 Å². The van der Waals surface area contributed by atoms with Crippen molar-refractivity contribution in [3.05, 3.63) is 35.4 Å². The molecule has 1 aromatic rings. The largest absolute Gasteiger partial charge is 0.413 e. The number of carbonyl (C=O) groups excluding carboxylic acids is 1. The molecule has 0 spiro atoms. The smallest absolute Gasteiger partial charge is 0.311 e. The molecule has 1 atom stereocenters. The van der Waals surface area contributed by atoms with Crippen molar-refractivity contribution in [2.75, 3.05) is 20.3 Å². The summed E-state index contributed by atoms with van der Waals surface area (Å²) < 4.78 is 10.8. The number of rotatable bonds is 10. The van der Waals surface area contributed by atoms with Crippen LogP contribution in [0.2, 0.25) is 0 Å². The third-order valence-electron chi connectivity index (χ3n) is 3.06. The maximum atomic E-state index is 10.8. The molecule has 0 aliphatic rings. The summed E-state index contributed by atoms with van der Waals surface area (Å²) in [6.07, 6.45) is 1.93. The van der Waals surface area contributed by atoms with Gasteiger partial charge in [0.25, 0.3) is 0 Å². The van der Waals surface area contributed by atoms with E-state index in [0.29, 0.717) is 25.8 Å². The number of carbonyl (C=O) groups is 1. The van der Waals surface area contributed by atoms with Gasteiger partial charge in [-0.05, 0) is 38.4 Å². The molecule has 1 aromatic carbocycles. The third-order valence-corrected chi connectivity index (χ3v) is 5.15. The SMILES string of the molecule is CCO[P+](O)(Cc1ccc(CC(C=O)NC)cc1)OCC. The summed E-state index contributed by atoms with van der Waals surface area (Å²) in [5, 5.41) is 2.94. The van der Waals surface area contributed by atoms with Crippen molar-refractivity contribution in [2.45, 2.75) is 32.5 Å². The number of likely N-dealkylation sites (N-methyl/N-ethyl adjacent to an activating group) is 1. The van der Waals surface area contributed by atoms with Gasteiger partial charge in [-0.15, -0.1) is 0 Å². The summed E-state index contributed by atoms with van der Waals surface area (Å²) in [5.74, 6) is 0. The monoisotopic (exact) mass is 314 g/mol. The first-order chi connectivity index (χ1) is 10.1. The summed E-state index contributed by atoms with van der Waals surface area (Å²) in [6.45, 7) is 4.52. The molecule has 0 heterocycles. The Kier molecular flexibility index (Phi) is 8.01. The van der Waals surface area contributed by atoms with Gasteiger partial charge in [0.05, 0.1) is 19.3 Å². The van der Waals surface area contributed by atoms with Crippen LogP contribution in [0.15, 0.2) is 24.3 Å². The summed E-state index contributed by atoms with van der Waals surface area (Å²) >= 11 is 0. The van der Waals surface area contributed by atoms with Crippen LogP contribution in [0.4, 0.5) is 0 Å². The Hall–Kier alpha value is -0.840. The van der Waals surface area contributed by atoms with Gasteiger partial charge in [0.15, 0.2) is 6.16 Å². The molecule has 0 saturated carbocycles. The van der Waals surface area contributed by atoms with Gasteiger partial charge < -0.3 is 10.1 Å². The fourth-order valence-corrected chi connectivity index (χ4v) is 3.75. The van der Waals surface area contributed by atoms with E-state index >= 15 is 0 Å². The van der Waals surface area contributed by atoms with Crippen molar-refractivity contribution in [3.8, 4) is 0 Å². The van der Waals surface area contributed by atoms with Crippen LogP contribution in [0.3, 0.4) is 0 Å². The van der Waals surface area contributed by atoms with Crippen LogP contribution in [-0.4, -0.2) is 37.5 Å². The van der Waals surface area contributed by atoms with E-state index in [4.69, 9.17) is 9.05 Å². The number of nitrogens with one attached hydrogen (secondary N) is 1. The van der Waals surface area contributed by atoms with Gasteiger partial charge in [0.2, 0.25) is 0 Å². The molecule has 0 aromatic heterocycles. The number of benzene rings is 1. The second-order valence-electron chi connectivity index (χ2n) is 4.68. The van der Waals surface area contributed by atoms with Crippen LogP contribution in [-0.2, 0) is 26.4 Å². The number of hydrogen-bond acceptors (Lipinski definition) is 5. The zero-order valence-corrected chi connectivity index (χ0v) is 13.8. The van der Waals surface area contributed by atoms with Crippen molar-refractivity contribution in [3.63, 3.8) is 0 Å². The zero-order chi connectivity index (χ0) is 15.7. The van der Waals surface area contributed by atoms with Gasteiger partial charge in [-0.3, -0.25) is 0 Å². The molecule has 0 aliphatic heterocycles. The highest BCUT2D eigenvalue weighted by Gasteiger charge is 2.39. The molecule has 1 rings (SSSR count). The summed E-state index contributed by atoms with van der Waals surface area (Å²) in [4.78, 5) is 21.2. The quantitative estimate of drug-likeness (QED) is 0.512. The first-order valence-electron chi connectivity index (χ1n) is 7.17. The Labute approximate surface area is 127 Å². The average Bonchev–Trinajstić information content (AvgIpc) is 2.47. The standard InChI is InChI=1S/C15H25NO4P/c1-4-19-21(18,20-5-2)12-14-8-6-13(7-9-14)10-15(11-17)16-3/h6-9,11,15-16,18H,4-5,10,12H2,1-3H3/q+1. The molecule has 21 heavy (non-hydrogen) atoms. The van der Waals surface area contributed by atoms with Crippen molar-refractivity contribution in [1.82, 2.24) is 5.32 Å². The van der Waals surface area contributed by atoms with E-state index in [-0.39, 0.29) is 6.04 Å². The first kappa shape index (κ1) is 18.2. The molecule has 0 fully saturated rings. The normalized spacial score (nSPS) is 13.1. The van der Waals surface area contributed by atoms with E-state index in [2.05, 4.69) is 5.32 Å². The molecule has 5 nitrogen and oxygen atoms in total. The van der Waals surface area contributed by atoms with E-state index in [1.165, 1.54) is 0 Å². The number of hydrogen-bond donors (Lipinski definition) is 2. The lowest BCUT2D eigenvalue weighted by Gasteiger charge is -2.16. The van der Waals surface area contributed by atoms with Gasteiger partial charge >= 0.3 is 7.94 Å². The van der Waals surface area contributed by atoms with Crippen LogP contribution in [0.5, 0.6) is 0 Å². The lowest BCUT2D eigenvalue weighted by molar-refractivity contribution is -0.109.